The molecule has 190 valence electrons. The van der Waals surface area contributed by atoms with Gasteiger partial charge in [0, 0.05) is 30.5 Å². The Hall–Kier alpha value is -3.55. The summed E-state index contributed by atoms with van der Waals surface area (Å²) in [6, 6.07) is 17.9. The second-order valence-corrected chi connectivity index (χ2v) is 10.5. The average molecular weight is 490 g/mol. The summed E-state index contributed by atoms with van der Waals surface area (Å²) in [5.74, 6) is 0.307. The fourth-order valence-electron chi connectivity index (χ4n) is 5.23. The Morgan fingerprint density at radius 3 is 2.28 bits per heavy atom. The highest BCUT2D eigenvalue weighted by Crippen LogP contribution is 2.39. The third-order valence-electron chi connectivity index (χ3n) is 7.57. The molecule has 0 unspecified atom stereocenters. The number of hydrogen-bond donors (Lipinski definition) is 2. The molecule has 2 aliphatic heterocycles. The van der Waals surface area contributed by atoms with Gasteiger partial charge in [-0.1, -0.05) is 44.2 Å². The molecule has 4 amide bonds. The van der Waals surface area contributed by atoms with Crippen LogP contribution in [-0.4, -0.2) is 65.5 Å². The van der Waals surface area contributed by atoms with E-state index >= 15 is 0 Å². The SMILES string of the molecule is CC(C)c1ccc(NC(=O)N2CCC3(CC2)C(=O)N(CC(=O)NC2CC2)CN3c2ccccc2)cc1. The predicted octanol–water partition coefficient (Wildman–Crippen LogP) is 3.76. The van der Waals surface area contributed by atoms with Crippen molar-refractivity contribution >= 4 is 29.2 Å². The van der Waals surface area contributed by atoms with Crippen LogP contribution in [-0.2, 0) is 9.59 Å². The lowest BCUT2D eigenvalue weighted by atomic mass is 9.85. The zero-order valence-corrected chi connectivity index (χ0v) is 21.1. The number of piperidine rings is 1. The van der Waals surface area contributed by atoms with Crippen LogP contribution in [0.3, 0.4) is 0 Å². The van der Waals surface area contributed by atoms with Gasteiger partial charge in [0.05, 0.1) is 6.67 Å². The van der Waals surface area contributed by atoms with Crippen LogP contribution in [0, 0.1) is 0 Å². The normalized spacial score (nSPS) is 19.2. The number of anilines is 2. The number of nitrogens with zero attached hydrogens (tertiary/aromatic N) is 3. The summed E-state index contributed by atoms with van der Waals surface area (Å²) in [4.78, 5) is 44.8. The van der Waals surface area contributed by atoms with Crippen molar-refractivity contribution in [3.63, 3.8) is 0 Å². The molecule has 2 N–H and O–H groups in total. The van der Waals surface area contributed by atoms with E-state index in [1.807, 2.05) is 54.6 Å². The third-order valence-corrected chi connectivity index (χ3v) is 7.57. The molecule has 2 saturated heterocycles. The Bertz CT molecular complexity index is 1110. The molecule has 8 nitrogen and oxygen atoms in total. The lowest BCUT2D eigenvalue weighted by Crippen LogP contribution is -2.58. The molecule has 0 atom stereocenters. The summed E-state index contributed by atoms with van der Waals surface area (Å²) in [6.45, 7) is 5.65. The van der Waals surface area contributed by atoms with Crippen molar-refractivity contribution in [2.24, 2.45) is 0 Å². The Morgan fingerprint density at radius 2 is 1.67 bits per heavy atom. The number of amides is 4. The number of urea groups is 1. The Morgan fingerprint density at radius 1 is 1.00 bits per heavy atom. The van der Waals surface area contributed by atoms with Gasteiger partial charge in [0.2, 0.25) is 5.91 Å². The molecular weight excluding hydrogens is 454 g/mol. The first-order valence-electron chi connectivity index (χ1n) is 12.9. The first-order valence-corrected chi connectivity index (χ1v) is 12.9. The molecule has 0 radical (unpaired) electrons. The minimum atomic E-state index is -0.753. The molecule has 36 heavy (non-hydrogen) atoms. The topological polar surface area (TPSA) is 85.0 Å². The van der Waals surface area contributed by atoms with Gasteiger partial charge in [-0.25, -0.2) is 4.79 Å². The van der Waals surface area contributed by atoms with Crippen molar-refractivity contribution in [1.82, 2.24) is 15.1 Å². The number of likely N-dealkylation sites (tertiary alicyclic amines) is 1. The highest BCUT2D eigenvalue weighted by Gasteiger charge is 2.54. The van der Waals surface area contributed by atoms with Crippen molar-refractivity contribution < 1.29 is 14.4 Å². The summed E-state index contributed by atoms with van der Waals surface area (Å²) in [7, 11) is 0. The molecule has 2 heterocycles. The highest BCUT2D eigenvalue weighted by atomic mass is 16.2. The van der Waals surface area contributed by atoms with E-state index in [0.29, 0.717) is 38.5 Å². The molecule has 1 spiro atoms. The number of carbonyl (C=O) groups is 3. The maximum absolute atomic E-state index is 13.7. The molecule has 1 aliphatic carbocycles. The van der Waals surface area contributed by atoms with Gasteiger partial charge < -0.3 is 25.3 Å². The first kappa shape index (κ1) is 24.2. The maximum atomic E-state index is 13.7. The van der Waals surface area contributed by atoms with Gasteiger partial charge in [0.15, 0.2) is 0 Å². The zero-order valence-electron chi connectivity index (χ0n) is 21.1. The Labute approximate surface area is 212 Å². The summed E-state index contributed by atoms with van der Waals surface area (Å²) in [6.07, 6.45) is 3.06. The van der Waals surface area contributed by atoms with Crippen molar-refractivity contribution in [2.75, 3.05) is 36.5 Å². The summed E-state index contributed by atoms with van der Waals surface area (Å²) in [5.41, 5.74) is 2.19. The summed E-state index contributed by atoms with van der Waals surface area (Å²) in [5, 5.41) is 5.98. The highest BCUT2D eigenvalue weighted by molar-refractivity contribution is 5.97. The zero-order chi connectivity index (χ0) is 25.3. The van der Waals surface area contributed by atoms with E-state index in [1.165, 1.54) is 5.56 Å². The fraction of sp³-hybridized carbons (Fsp3) is 0.464. The minimum absolute atomic E-state index is 0.0263. The van der Waals surface area contributed by atoms with Crippen LogP contribution in [0.1, 0.15) is 51.0 Å². The lowest BCUT2D eigenvalue weighted by molar-refractivity contribution is -0.137. The molecular formula is C28H35N5O3. The Kier molecular flexibility index (Phi) is 6.60. The summed E-state index contributed by atoms with van der Waals surface area (Å²) < 4.78 is 0. The van der Waals surface area contributed by atoms with E-state index in [2.05, 4.69) is 29.4 Å². The molecule has 0 aromatic heterocycles. The molecule has 8 heteroatoms. The predicted molar refractivity (Wildman–Crippen MR) is 140 cm³/mol. The third kappa shape index (κ3) is 4.90. The molecule has 5 rings (SSSR count). The van der Waals surface area contributed by atoms with Crippen LogP contribution in [0.5, 0.6) is 0 Å². The van der Waals surface area contributed by atoms with Gasteiger partial charge in [0.1, 0.15) is 12.1 Å². The number of hydrogen-bond acceptors (Lipinski definition) is 4. The molecule has 3 fully saturated rings. The second-order valence-electron chi connectivity index (χ2n) is 10.5. The monoisotopic (exact) mass is 489 g/mol. The van der Waals surface area contributed by atoms with Gasteiger partial charge in [-0.3, -0.25) is 9.59 Å². The molecule has 2 aromatic carbocycles. The number of carbonyl (C=O) groups excluding carboxylic acids is 3. The van der Waals surface area contributed by atoms with E-state index in [4.69, 9.17) is 0 Å². The van der Waals surface area contributed by atoms with Gasteiger partial charge in [-0.15, -0.1) is 0 Å². The standard InChI is InChI=1S/C28H35N5O3/c1-20(2)21-8-10-23(11-9-21)30-27(36)31-16-14-28(15-17-31)26(35)32(18-25(34)29-22-12-13-22)19-33(28)24-6-4-3-5-7-24/h3-11,20,22H,12-19H2,1-2H3,(H,29,34)(H,30,36). The first-order chi connectivity index (χ1) is 17.4. The van der Waals surface area contributed by atoms with Crippen LogP contribution < -0.4 is 15.5 Å². The number of rotatable bonds is 6. The van der Waals surface area contributed by atoms with Crippen molar-refractivity contribution in [3.8, 4) is 0 Å². The van der Waals surface area contributed by atoms with Crippen LogP contribution in [0.2, 0.25) is 0 Å². The van der Waals surface area contributed by atoms with Crippen molar-refractivity contribution in [1.29, 1.82) is 0 Å². The molecule has 0 bridgehead atoms. The number of para-hydroxylation sites is 1. The average Bonchev–Trinajstić information content (AvgIpc) is 3.66. The number of nitrogens with one attached hydrogen (secondary N) is 2. The van der Waals surface area contributed by atoms with Gasteiger partial charge in [-0.2, -0.15) is 0 Å². The van der Waals surface area contributed by atoms with Crippen LogP contribution >= 0.6 is 0 Å². The minimum Gasteiger partial charge on any atom is -0.352 e. The summed E-state index contributed by atoms with van der Waals surface area (Å²) >= 11 is 0. The van der Waals surface area contributed by atoms with E-state index in [9.17, 15) is 14.4 Å². The van der Waals surface area contributed by atoms with Crippen molar-refractivity contribution in [2.45, 2.75) is 57.0 Å². The van der Waals surface area contributed by atoms with E-state index in [1.54, 1.807) is 9.80 Å². The lowest BCUT2D eigenvalue weighted by Gasteiger charge is -2.43. The fourth-order valence-corrected chi connectivity index (χ4v) is 5.23. The van der Waals surface area contributed by atoms with Crippen LogP contribution in [0.15, 0.2) is 54.6 Å². The molecule has 2 aromatic rings. The van der Waals surface area contributed by atoms with Crippen LogP contribution in [0.25, 0.3) is 0 Å². The number of benzene rings is 2. The van der Waals surface area contributed by atoms with Crippen LogP contribution in [0.4, 0.5) is 16.2 Å². The molecule has 1 saturated carbocycles. The second kappa shape index (κ2) is 9.84. The largest absolute Gasteiger partial charge is 0.352 e. The maximum Gasteiger partial charge on any atom is 0.321 e. The Balaban J connectivity index is 1.27. The van der Waals surface area contributed by atoms with Gasteiger partial charge in [-0.05, 0) is 61.4 Å². The molecule has 3 aliphatic rings. The van der Waals surface area contributed by atoms with Crippen molar-refractivity contribution in [3.05, 3.63) is 60.2 Å². The van der Waals surface area contributed by atoms with E-state index in [-0.39, 0.29) is 30.4 Å². The quantitative estimate of drug-likeness (QED) is 0.647. The van der Waals surface area contributed by atoms with Gasteiger partial charge >= 0.3 is 6.03 Å². The van der Waals surface area contributed by atoms with Gasteiger partial charge in [0.25, 0.3) is 5.91 Å². The smallest absolute Gasteiger partial charge is 0.321 e. The van der Waals surface area contributed by atoms with E-state index < -0.39 is 5.54 Å². The van der Waals surface area contributed by atoms with E-state index in [0.717, 1.165) is 24.2 Å².